The van der Waals surface area contributed by atoms with E-state index in [1.807, 2.05) is 0 Å². The number of H-pyrrole nitrogens is 1. The Labute approximate surface area is 137 Å². The number of aromatic nitrogens is 2. The molecule has 0 bridgehead atoms. The molecule has 1 aliphatic carbocycles. The van der Waals surface area contributed by atoms with Crippen molar-refractivity contribution in [2.45, 2.75) is 31.1 Å². The highest BCUT2D eigenvalue weighted by Gasteiger charge is 2.40. The van der Waals surface area contributed by atoms with Gasteiger partial charge < -0.3 is 5.32 Å². The molecule has 2 aromatic rings. The number of benzene rings is 1. The predicted octanol–water partition coefficient (Wildman–Crippen LogP) is 2.23. The molecule has 1 saturated carbocycles. The molecule has 1 heterocycles. The Hall–Kier alpha value is -2.44. The number of amides is 1. The Kier molecular flexibility index (Phi) is 4.26. The maximum absolute atomic E-state index is 14.2. The molecule has 1 fully saturated rings. The molecule has 1 amide bonds. The van der Waals surface area contributed by atoms with Crippen molar-refractivity contribution in [1.82, 2.24) is 15.1 Å². The highest BCUT2D eigenvalue weighted by Crippen LogP contribution is 2.42. The second-order valence-electron chi connectivity index (χ2n) is 6.33. The van der Waals surface area contributed by atoms with E-state index in [9.17, 15) is 18.4 Å². The highest BCUT2D eigenvalue weighted by atomic mass is 19.1. The number of aromatic amines is 1. The summed E-state index contributed by atoms with van der Waals surface area (Å²) in [5.74, 6) is -1.63. The fraction of sp³-hybridized carbons (Fsp3) is 0.412. The van der Waals surface area contributed by atoms with E-state index < -0.39 is 23.0 Å². The molecule has 3 rings (SSSR count). The van der Waals surface area contributed by atoms with Crippen LogP contribution in [0.25, 0.3) is 0 Å². The second kappa shape index (κ2) is 6.22. The SMILES string of the molecule is Cn1[nH]c(C(=O)NCC2(c3c(F)cccc3F)CCCC2)cc1=O. The number of halogens is 2. The van der Waals surface area contributed by atoms with Crippen LogP contribution in [0, 0.1) is 11.6 Å². The maximum atomic E-state index is 14.2. The van der Waals surface area contributed by atoms with Crippen LogP contribution in [0.1, 0.15) is 41.7 Å². The summed E-state index contributed by atoms with van der Waals surface area (Å²) in [6, 6.07) is 5.02. The first-order chi connectivity index (χ1) is 11.4. The van der Waals surface area contributed by atoms with Crippen molar-refractivity contribution in [2.75, 3.05) is 6.54 Å². The van der Waals surface area contributed by atoms with Gasteiger partial charge in [-0.05, 0) is 25.0 Å². The van der Waals surface area contributed by atoms with Gasteiger partial charge in [-0.3, -0.25) is 19.4 Å². The van der Waals surface area contributed by atoms with Gasteiger partial charge in [0.15, 0.2) is 0 Å². The zero-order valence-electron chi connectivity index (χ0n) is 13.4. The molecule has 0 unspecified atom stereocenters. The number of rotatable bonds is 4. The fourth-order valence-corrected chi connectivity index (χ4v) is 3.52. The Bertz CT molecular complexity index is 799. The van der Waals surface area contributed by atoms with Crippen LogP contribution in [0.5, 0.6) is 0 Å². The van der Waals surface area contributed by atoms with E-state index in [1.54, 1.807) is 0 Å². The number of carbonyl (C=O) groups excluding carboxylic acids is 1. The lowest BCUT2D eigenvalue weighted by Crippen LogP contribution is -2.40. The van der Waals surface area contributed by atoms with Crippen LogP contribution in [0.2, 0.25) is 0 Å². The molecule has 128 valence electrons. The van der Waals surface area contributed by atoms with Crippen LogP contribution in [0.4, 0.5) is 8.78 Å². The lowest BCUT2D eigenvalue weighted by atomic mass is 9.78. The molecule has 0 spiro atoms. The van der Waals surface area contributed by atoms with Crippen molar-refractivity contribution in [3.05, 3.63) is 57.5 Å². The largest absolute Gasteiger partial charge is 0.350 e. The Morgan fingerprint density at radius 3 is 2.46 bits per heavy atom. The molecule has 5 nitrogen and oxygen atoms in total. The molecule has 2 N–H and O–H groups in total. The second-order valence-corrected chi connectivity index (χ2v) is 6.33. The average molecular weight is 335 g/mol. The van der Waals surface area contributed by atoms with Crippen LogP contribution < -0.4 is 10.9 Å². The van der Waals surface area contributed by atoms with Gasteiger partial charge in [-0.2, -0.15) is 0 Å². The Morgan fingerprint density at radius 1 is 1.29 bits per heavy atom. The monoisotopic (exact) mass is 335 g/mol. The van der Waals surface area contributed by atoms with Crippen molar-refractivity contribution < 1.29 is 13.6 Å². The summed E-state index contributed by atoms with van der Waals surface area (Å²) in [6.45, 7) is 0.126. The van der Waals surface area contributed by atoms with Crippen molar-refractivity contribution in [3.63, 3.8) is 0 Å². The summed E-state index contributed by atoms with van der Waals surface area (Å²) in [6.07, 6.45) is 2.92. The first-order valence-corrected chi connectivity index (χ1v) is 7.92. The summed E-state index contributed by atoms with van der Waals surface area (Å²) in [4.78, 5) is 23.7. The van der Waals surface area contributed by atoms with Gasteiger partial charge in [0, 0.05) is 30.6 Å². The topological polar surface area (TPSA) is 66.9 Å². The number of hydrogen-bond donors (Lipinski definition) is 2. The normalized spacial score (nSPS) is 16.3. The van der Waals surface area contributed by atoms with E-state index in [0.717, 1.165) is 12.8 Å². The van der Waals surface area contributed by atoms with Gasteiger partial charge in [-0.1, -0.05) is 18.9 Å². The molecule has 0 atom stereocenters. The minimum Gasteiger partial charge on any atom is -0.350 e. The summed E-state index contributed by atoms with van der Waals surface area (Å²) >= 11 is 0. The maximum Gasteiger partial charge on any atom is 0.269 e. The van der Waals surface area contributed by atoms with Crippen LogP contribution >= 0.6 is 0 Å². The summed E-state index contributed by atoms with van der Waals surface area (Å²) in [7, 11) is 1.51. The molecule has 0 aliphatic heterocycles. The number of carbonyl (C=O) groups is 1. The summed E-state index contributed by atoms with van der Waals surface area (Å²) in [5, 5.41) is 5.36. The van der Waals surface area contributed by atoms with Crippen LogP contribution in [-0.2, 0) is 12.5 Å². The smallest absolute Gasteiger partial charge is 0.269 e. The lowest BCUT2D eigenvalue weighted by Gasteiger charge is -2.30. The third-order valence-electron chi connectivity index (χ3n) is 4.77. The molecule has 1 aromatic heterocycles. The van der Waals surface area contributed by atoms with Gasteiger partial charge in [0.05, 0.1) is 0 Å². The van der Waals surface area contributed by atoms with E-state index in [1.165, 1.54) is 36.0 Å². The molecule has 1 aliphatic rings. The molecule has 7 heteroatoms. The van der Waals surface area contributed by atoms with Crippen molar-refractivity contribution in [2.24, 2.45) is 7.05 Å². The third kappa shape index (κ3) is 2.86. The third-order valence-corrected chi connectivity index (χ3v) is 4.77. The quantitative estimate of drug-likeness (QED) is 0.900. The standard InChI is InChI=1S/C17H19F2N3O2/c1-22-14(23)9-13(21-22)16(24)20-10-17(7-2-3-8-17)15-11(18)5-4-6-12(15)19/h4-6,9,21H,2-3,7-8,10H2,1H3,(H,20,24). The number of nitrogens with one attached hydrogen (secondary N) is 2. The van der Waals surface area contributed by atoms with E-state index in [-0.39, 0.29) is 23.4 Å². The van der Waals surface area contributed by atoms with Gasteiger partial charge in [0.25, 0.3) is 11.5 Å². The zero-order valence-corrected chi connectivity index (χ0v) is 13.4. The van der Waals surface area contributed by atoms with Crippen LogP contribution in [0.3, 0.4) is 0 Å². The molecular formula is C17H19F2N3O2. The van der Waals surface area contributed by atoms with Crippen molar-refractivity contribution in [3.8, 4) is 0 Å². The van der Waals surface area contributed by atoms with Crippen LogP contribution in [0.15, 0.2) is 29.1 Å². The Morgan fingerprint density at radius 2 is 1.92 bits per heavy atom. The number of hydrogen-bond acceptors (Lipinski definition) is 2. The van der Waals surface area contributed by atoms with E-state index in [4.69, 9.17) is 0 Å². The minimum atomic E-state index is -0.750. The lowest BCUT2D eigenvalue weighted by molar-refractivity contribution is 0.0936. The van der Waals surface area contributed by atoms with Crippen molar-refractivity contribution in [1.29, 1.82) is 0 Å². The van der Waals surface area contributed by atoms with Crippen LogP contribution in [-0.4, -0.2) is 22.2 Å². The van der Waals surface area contributed by atoms with Gasteiger partial charge in [0.1, 0.15) is 17.3 Å². The summed E-state index contributed by atoms with van der Waals surface area (Å²) < 4.78 is 29.7. The molecular weight excluding hydrogens is 316 g/mol. The van der Waals surface area contributed by atoms with Gasteiger partial charge in [-0.15, -0.1) is 0 Å². The summed E-state index contributed by atoms with van der Waals surface area (Å²) in [5.41, 5.74) is -0.898. The van der Waals surface area contributed by atoms with Gasteiger partial charge in [0.2, 0.25) is 0 Å². The first-order valence-electron chi connectivity index (χ1n) is 7.92. The van der Waals surface area contributed by atoms with Gasteiger partial charge >= 0.3 is 0 Å². The molecule has 0 saturated heterocycles. The molecule has 0 radical (unpaired) electrons. The van der Waals surface area contributed by atoms with E-state index >= 15 is 0 Å². The number of nitrogens with zero attached hydrogens (tertiary/aromatic N) is 1. The number of aryl methyl sites for hydroxylation is 1. The highest BCUT2D eigenvalue weighted by molar-refractivity contribution is 5.92. The van der Waals surface area contributed by atoms with E-state index in [0.29, 0.717) is 12.8 Å². The van der Waals surface area contributed by atoms with Crippen molar-refractivity contribution >= 4 is 5.91 Å². The fourth-order valence-electron chi connectivity index (χ4n) is 3.52. The zero-order chi connectivity index (χ0) is 17.3. The average Bonchev–Trinajstić information content (AvgIpc) is 3.13. The van der Waals surface area contributed by atoms with Gasteiger partial charge in [-0.25, -0.2) is 8.78 Å². The minimum absolute atomic E-state index is 0.0457. The predicted molar refractivity (Wildman–Crippen MR) is 84.9 cm³/mol. The molecule has 1 aromatic carbocycles. The first kappa shape index (κ1) is 16.4. The van der Waals surface area contributed by atoms with E-state index in [2.05, 4.69) is 10.4 Å². The molecule has 24 heavy (non-hydrogen) atoms. The Balaban J connectivity index is 1.85.